The van der Waals surface area contributed by atoms with Crippen LogP contribution >= 0.6 is 11.8 Å². The average molecular weight is 386 g/mol. The molecule has 0 unspecified atom stereocenters. The van der Waals surface area contributed by atoms with Crippen LogP contribution in [-0.4, -0.2) is 19.7 Å². The maximum Gasteiger partial charge on any atom is 0.310 e. The fourth-order valence-electron chi connectivity index (χ4n) is 3.41. The van der Waals surface area contributed by atoms with Crippen LogP contribution in [0.2, 0.25) is 0 Å². The number of pyridine rings is 1. The van der Waals surface area contributed by atoms with Crippen molar-refractivity contribution in [1.29, 1.82) is 0 Å². The first kappa shape index (κ1) is 19.3. The lowest BCUT2D eigenvalue weighted by atomic mass is 9.93. The number of hydrogen-bond donors (Lipinski definition) is 1. The van der Waals surface area contributed by atoms with Gasteiger partial charge < -0.3 is 9.47 Å². The molecule has 142 valence electrons. The van der Waals surface area contributed by atoms with E-state index in [2.05, 4.69) is 12.6 Å². The van der Waals surface area contributed by atoms with E-state index in [0.717, 1.165) is 57.4 Å². The van der Waals surface area contributed by atoms with Crippen LogP contribution in [0.4, 0.5) is 0 Å². The zero-order chi connectivity index (χ0) is 19.6. The minimum absolute atomic E-state index is 0.147. The maximum atomic E-state index is 12.1. The Kier molecular flexibility index (Phi) is 5.75. The molecule has 2 heterocycles. The normalized spacial score (nSPS) is 12.9. The second kappa shape index (κ2) is 8.05. The Balaban J connectivity index is 2.21. The Bertz CT molecular complexity index is 909. The van der Waals surface area contributed by atoms with Crippen molar-refractivity contribution in [3.05, 3.63) is 52.6 Å². The monoisotopic (exact) mass is 385 g/mol. The molecule has 2 aromatic rings. The number of nitrogens with zero attached hydrogens (tertiary/aromatic N) is 1. The second-order valence-electron chi connectivity index (χ2n) is 6.71. The number of ether oxygens (including phenoxy) is 2. The number of allylic oxidation sites excluding steroid dienone is 1. The van der Waals surface area contributed by atoms with Crippen molar-refractivity contribution in [3.8, 4) is 16.9 Å². The molecule has 0 saturated carbocycles. The van der Waals surface area contributed by atoms with E-state index in [1.165, 1.54) is 24.4 Å². The van der Waals surface area contributed by atoms with Gasteiger partial charge in [0.2, 0.25) is 6.20 Å². The van der Waals surface area contributed by atoms with Crippen LogP contribution in [0, 0.1) is 6.92 Å². The lowest BCUT2D eigenvalue weighted by Gasteiger charge is -2.19. The number of methoxy groups -OCH3 is 1. The number of nitrogen functional groups attached to an aromatic ring is 1. The highest BCUT2D eigenvalue weighted by atomic mass is 32.2. The minimum Gasteiger partial charge on any atom is -0.493 e. The Morgan fingerprint density at radius 1 is 1.44 bits per heavy atom. The molecule has 0 saturated heterocycles. The number of rotatable bonds is 5. The predicted octanol–water partition coefficient (Wildman–Crippen LogP) is 3.33. The number of nitrogens with two attached hydrogens (primary N) is 1. The van der Waals surface area contributed by atoms with E-state index in [9.17, 15) is 4.79 Å². The van der Waals surface area contributed by atoms with Crippen LogP contribution < -0.4 is 15.3 Å². The highest BCUT2D eigenvalue weighted by Gasteiger charge is 2.26. The van der Waals surface area contributed by atoms with Gasteiger partial charge in [0.15, 0.2) is 0 Å². The molecule has 2 N–H and O–H groups in total. The zero-order valence-corrected chi connectivity index (χ0v) is 16.8. The highest BCUT2D eigenvalue weighted by molar-refractivity contribution is 8.02. The largest absolute Gasteiger partial charge is 0.493 e. The molecule has 0 fully saturated rings. The molecule has 3 rings (SSSR count). The highest BCUT2D eigenvalue weighted by Crippen LogP contribution is 2.37. The third-order valence-electron chi connectivity index (χ3n) is 4.54. The van der Waals surface area contributed by atoms with E-state index in [4.69, 9.17) is 15.3 Å². The number of aromatic nitrogens is 1. The third kappa shape index (κ3) is 4.11. The van der Waals surface area contributed by atoms with Crippen molar-refractivity contribution in [3.63, 3.8) is 0 Å². The molecule has 1 aliphatic heterocycles. The van der Waals surface area contributed by atoms with Crippen molar-refractivity contribution in [2.75, 3.05) is 19.6 Å². The fourth-order valence-corrected chi connectivity index (χ4v) is 4.20. The van der Waals surface area contributed by atoms with Crippen molar-refractivity contribution >= 4 is 17.7 Å². The minimum atomic E-state index is -0.299. The van der Waals surface area contributed by atoms with Crippen LogP contribution in [0.25, 0.3) is 11.1 Å². The van der Waals surface area contributed by atoms with E-state index in [-0.39, 0.29) is 12.4 Å². The van der Waals surface area contributed by atoms with E-state index >= 15 is 0 Å². The van der Waals surface area contributed by atoms with Gasteiger partial charge in [-0.05, 0) is 66.6 Å². The van der Waals surface area contributed by atoms with Crippen molar-refractivity contribution in [1.82, 2.24) is 0 Å². The summed E-state index contributed by atoms with van der Waals surface area (Å²) >= 11 is 1.46. The second-order valence-corrected chi connectivity index (χ2v) is 8.00. The van der Waals surface area contributed by atoms with Crippen molar-refractivity contribution < 1.29 is 18.9 Å². The summed E-state index contributed by atoms with van der Waals surface area (Å²) in [5, 5.41) is 0.794. The van der Waals surface area contributed by atoms with Crippen LogP contribution in [0.5, 0.6) is 5.75 Å². The van der Waals surface area contributed by atoms with Gasteiger partial charge in [-0.25, -0.2) is 5.84 Å². The van der Waals surface area contributed by atoms with E-state index in [1.54, 1.807) is 4.68 Å². The molecular weight excluding hydrogens is 360 g/mol. The van der Waals surface area contributed by atoms with Crippen molar-refractivity contribution in [2.24, 2.45) is 0 Å². The molecule has 6 heteroatoms. The van der Waals surface area contributed by atoms with Gasteiger partial charge in [0, 0.05) is 11.1 Å². The molecule has 0 atom stereocenters. The van der Waals surface area contributed by atoms with Gasteiger partial charge in [-0.1, -0.05) is 17.3 Å². The maximum absolute atomic E-state index is 12.1. The first-order valence-corrected chi connectivity index (χ1v) is 9.71. The average Bonchev–Trinajstić information content (AvgIpc) is 2.64. The van der Waals surface area contributed by atoms with E-state index in [0.29, 0.717) is 0 Å². The number of thioether (sulfide) groups is 1. The smallest absolute Gasteiger partial charge is 0.310 e. The molecule has 0 amide bonds. The summed E-state index contributed by atoms with van der Waals surface area (Å²) in [5.74, 6) is 6.87. The quantitative estimate of drug-likeness (QED) is 0.370. The summed E-state index contributed by atoms with van der Waals surface area (Å²) in [4.78, 5) is 13.0. The Morgan fingerprint density at radius 2 is 2.22 bits per heavy atom. The number of hydrogen-bond acceptors (Lipinski definition) is 5. The van der Waals surface area contributed by atoms with Crippen LogP contribution in [0.3, 0.4) is 0 Å². The summed E-state index contributed by atoms with van der Waals surface area (Å²) in [5.41, 5.74) is 5.12. The molecule has 0 bridgehead atoms. The number of esters is 1. The number of fused-ring (bicyclic) bond motifs is 1. The standard InChI is InChI=1S/C21H25N2O3S/c1-13(2)27-21-17(11-19(24)25-4)20(14(3)12-23(21)22)16-7-8-18-15(10-16)6-5-9-26-18/h7-8,10,12H,1,5-6,9,11,22H2,2-4H3/q+1. The Labute approximate surface area is 164 Å². The van der Waals surface area contributed by atoms with Crippen LogP contribution in [0.15, 0.2) is 40.9 Å². The Morgan fingerprint density at radius 3 is 2.93 bits per heavy atom. The fraction of sp³-hybridized carbons (Fsp3) is 0.333. The third-order valence-corrected chi connectivity index (χ3v) is 5.54. The van der Waals surface area contributed by atoms with Crippen LogP contribution in [-0.2, 0) is 22.4 Å². The summed E-state index contributed by atoms with van der Waals surface area (Å²) in [6.07, 6.45) is 4.04. The summed E-state index contributed by atoms with van der Waals surface area (Å²) < 4.78 is 12.2. The van der Waals surface area contributed by atoms with E-state index in [1.807, 2.05) is 32.2 Å². The van der Waals surface area contributed by atoms with Gasteiger partial charge >= 0.3 is 5.97 Å². The molecule has 1 aromatic carbocycles. The van der Waals surface area contributed by atoms with Crippen LogP contribution in [0.1, 0.15) is 30.0 Å². The molecule has 5 nitrogen and oxygen atoms in total. The molecule has 1 aromatic heterocycles. The summed E-state index contributed by atoms with van der Waals surface area (Å²) in [6, 6.07) is 6.22. The first-order valence-electron chi connectivity index (χ1n) is 8.90. The molecule has 0 spiro atoms. The zero-order valence-electron chi connectivity index (χ0n) is 16.0. The predicted molar refractivity (Wildman–Crippen MR) is 107 cm³/mol. The molecule has 1 aliphatic rings. The van der Waals surface area contributed by atoms with Gasteiger partial charge in [0.1, 0.15) is 5.75 Å². The lowest BCUT2D eigenvalue weighted by Crippen LogP contribution is -2.47. The lowest BCUT2D eigenvalue weighted by molar-refractivity contribution is -0.678. The molecule has 0 radical (unpaired) electrons. The summed E-state index contributed by atoms with van der Waals surface area (Å²) in [7, 11) is 1.40. The number of aryl methyl sites for hydroxylation is 2. The van der Waals surface area contributed by atoms with Gasteiger partial charge in [0.05, 0.1) is 25.7 Å². The molecule has 27 heavy (non-hydrogen) atoms. The van der Waals surface area contributed by atoms with Gasteiger partial charge in [0.25, 0.3) is 5.03 Å². The molecule has 0 aliphatic carbocycles. The van der Waals surface area contributed by atoms with Gasteiger partial charge in [-0.3, -0.25) is 4.79 Å². The number of benzene rings is 1. The number of carbonyl (C=O) groups excluding carboxylic acids is 1. The van der Waals surface area contributed by atoms with E-state index < -0.39 is 0 Å². The molecular formula is C21H25N2O3S+. The SMILES string of the molecule is C=C(C)Sc1c(CC(=O)OC)c(-c2ccc3c(c2)CCCO3)c(C)c[n+]1N. The Hall–Kier alpha value is -2.47. The first-order chi connectivity index (χ1) is 12.9. The topological polar surface area (TPSA) is 65.4 Å². The summed E-state index contributed by atoms with van der Waals surface area (Å²) in [6.45, 7) is 8.66. The van der Waals surface area contributed by atoms with Gasteiger partial charge in [-0.2, -0.15) is 0 Å². The van der Waals surface area contributed by atoms with Crippen molar-refractivity contribution in [2.45, 2.75) is 38.1 Å². The van der Waals surface area contributed by atoms with Gasteiger partial charge in [-0.15, -0.1) is 0 Å². The number of carbonyl (C=O) groups is 1.